The number of aliphatic hydroxyl groups is 2. The van der Waals surface area contributed by atoms with Gasteiger partial charge in [-0.2, -0.15) is 0 Å². The summed E-state index contributed by atoms with van der Waals surface area (Å²) in [4.78, 5) is 26.2. The first-order chi connectivity index (χ1) is 32.5. The average Bonchev–Trinajstić information content (AvgIpc) is 3.31. The molecule has 0 aromatic rings. The molecule has 0 heterocycles. The van der Waals surface area contributed by atoms with Gasteiger partial charge in [0, 0.05) is 6.42 Å². The molecule has 0 spiro atoms. The van der Waals surface area contributed by atoms with Gasteiger partial charge in [-0.1, -0.05) is 246 Å². The monoisotopic (exact) mass is 918 g/mol. The van der Waals surface area contributed by atoms with E-state index in [0.717, 1.165) is 96.3 Å². The predicted octanol–water partition coefficient (Wildman–Crippen LogP) is 16.9. The molecule has 0 saturated heterocycles. The van der Waals surface area contributed by atoms with Gasteiger partial charge in [-0.05, 0) is 83.5 Å². The van der Waals surface area contributed by atoms with Crippen LogP contribution in [0.4, 0.5) is 0 Å². The largest absolute Gasteiger partial charge is 0.462 e. The smallest absolute Gasteiger partial charge is 0.306 e. The van der Waals surface area contributed by atoms with Crippen LogP contribution in [-0.2, 0) is 14.3 Å². The first-order valence-electron chi connectivity index (χ1n) is 27.5. The highest BCUT2D eigenvalue weighted by atomic mass is 16.5. The second kappa shape index (κ2) is 52.7. The van der Waals surface area contributed by atoms with Crippen molar-refractivity contribution < 1.29 is 24.5 Å². The lowest BCUT2D eigenvalue weighted by atomic mass is 10.0. The maximum atomic E-state index is 13.2. The molecule has 0 saturated carbocycles. The molecule has 0 rings (SSSR count). The number of esters is 1. The number of unbranched alkanes of at least 4 members (excludes halogenated alkanes) is 23. The number of aliphatic hydroxyl groups excluding tert-OH is 2. The Bertz CT molecular complexity index is 1310. The number of nitrogens with one attached hydrogen (secondary N) is 1. The van der Waals surface area contributed by atoms with E-state index in [-0.39, 0.29) is 24.9 Å². The summed E-state index contributed by atoms with van der Waals surface area (Å²) < 4.78 is 5.91. The van der Waals surface area contributed by atoms with E-state index >= 15 is 0 Å². The Morgan fingerprint density at radius 3 is 1.44 bits per heavy atom. The standard InChI is InChI=1S/C60H103NO5/c1-4-7-10-13-16-19-22-25-28-29-32-33-36-39-42-45-48-51-56(66-60(65)53-50-47-44-41-38-35-31-27-24-21-18-15-12-9-6-3)54-59(64)61-57(55-62)58(63)52-49-46-43-40-37-34-30-26-23-20-17-14-11-8-5-2/h9,12,15-16,18-19,21,24-25,27-28,31-33,39,42,56-58,62-63H,4-8,10-11,13-14,17,20,22-23,26,29-30,34-38,40-41,43-55H2,1-3H3,(H,61,64)/b12-9+,18-15+,19-16-,24-21+,28-25-,31-27-,33-32-,42-39-. The second-order valence-electron chi connectivity index (χ2n) is 18.3. The van der Waals surface area contributed by atoms with Crippen LogP contribution in [0.1, 0.15) is 245 Å². The molecule has 6 nitrogen and oxygen atoms in total. The molecule has 3 unspecified atom stereocenters. The van der Waals surface area contributed by atoms with Gasteiger partial charge in [0.15, 0.2) is 0 Å². The van der Waals surface area contributed by atoms with Crippen molar-refractivity contribution in [3.63, 3.8) is 0 Å². The van der Waals surface area contributed by atoms with Gasteiger partial charge in [0.05, 0.1) is 25.2 Å². The highest BCUT2D eigenvalue weighted by molar-refractivity contribution is 5.77. The van der Waals surface area contributed by atoms with Crippen LogP contribution in [0.5, 0.6) is 0 Å². The summed E-state index contributed by atoms with van der Waals surface area (Å²) in [7, 11) is 0. The van der Waals surface area contributed by atoms with E-state index in [4.69, 9.17) is 4.74 Å². The fourth-order valence-corrected chi connectivity index (χ4v) is 7.84. The fraction of sp³-hybridized carbons (Fsp3) is 0.700. The number of carbonyl (C=O) groups excluding carboxylic acids is 2. The van der Waals surface area contributed by atoms with Crippen LogP contribution in [-0.4, -0.2) is 46.9 Å². The van der Waals surface area contributed by atoms with Crippen molar-refractivity contribution in [2.45, 2.75) is 264 Å². The van der Waals surface area contributed by atoms with Crippen LogP contribution in [0, 0.1) is 0 Å². The molecule has 0 aliphatic heterocycles. The minimum atomic E-state index is -0.812. The van der Waals surface area contributed by atoms with Crippen LogP contribution < -0.4 is 5.32 Å². The summed E-state index contributed by atoms with van der Waals surface area (Å²) in [6.45, 7) is 6.30. The maximum Gasteiger partial charge on any atom is 0.306 e. The van der Waals surface area contributed by atoms with Gasteiger partial charge >= 0.3 is 5.97 Å². The van der Waals surface area contributed by atoms with Crippen molar-refractivity contribution in [1.82, 2.24) is 5.32 Å². The Kier molecular flexibility index (Phi) is 50.2. The number of rotatable bonds is 48. The van der Waals surface area contributed by atoms with Crippen LogP contribution >= 0.6 is 0 Å². The van der Waals surface area contributed by atoms with Crippen LogP contribution in [0.15, 0.2) is 97.2 Å². The Labute approximate surface area is 407 Å². The molecule has 0 aliphatic rings. The summed E-state index contributed by atoms with van der Waals surface area (Å²) in [6, 6.07) is -0.730. The Morgan fingerprint density at radius 1 is 0.470 bits per heavy atom. The van der Waals surface area contributed by atoms with Crippen molar-refractivity contribution in [2.24, 2.45) is 0 Å². The zero-order chi connectivity index (χ0) is 48.1. The number of ether oxygens (including phenoxy) is 1. The quantitative estimate of drug-likeness (QED) is 0.0245. The molecule has 0 aliphatic carbocycles. The normalized spacial score (nSPS) is 14.0. The van der Waals surface area contributed by atoms with E-state index in [1.54, 1.807) is 0 Å². The lowest BCUT2D eigenvalue weighted by Gasteiger charge is -2.24. The van der Waals surface area contributed by atoms with Gasteiger partial charge < -0.3 is 20.3 Å². The summed E-state index contributed by atoms with van der Waals surface area (Å²) in [5.74, 6) is -0.559. The van der Waals surface area contributed by atoms with Gasteiger partial charge in [0.1, 0.15) is 6.10 Å². The van der Waals surface area contributed by atoms with E-state index in [1.807, 2.05) is 18.2 Å². The lowest BCUT2D eigenvalue weighted by molar-refractivity contribution is -0.151. The first-order valence-corrected chi connectivity index (χ1v) is 27.5. The predicted molar refractivity (Wildman–Crippen MR) is 287 cm³/mol. The third-order valence-corrected chi connectivity index (χ3v) is 12.0. The van der Waals surface area contributed by atoms with Gasteiger partial charge in [-0.15, -0.1) is 0 Å². The van der Waals surface area contributed by atoms with E-state index in [1.165, 1.54) is 103 Å². The van der Waals surface area contributed by atoms with Crippen LogP contribution in [0.3, 0.4) is 0 Å². The van der Waals surface area contributed by atoms with Crippen molar-refractivity contribution in [3.05, 3.63) is 97.2 Å². The topological polar surface area (TPSA) is 95.9 Å². The van der Waals surface area contributed by atoms with Gasteiger partial charge in [0.25, 0.3) is 0 Å². The molecule has 6 heteroatoms. The minimum absolute atomic E-state index is 0.0252. The van der Waals surface area contributed by atoms with Gasteiger partial charge in [0.2, 0.25) is 5.91 Å². The van der Waals surface area contributed by atoms with Crippen LogP contribution in [0.25, 0.3) is 0 Å². The SMILES string of the molecule is CC/C=C/C=C/C=C/C=C\CCCCCCCC(=O)OC(CCC/C=C\C/C=C\C/C=C\C/C=C\CCCCC)CC(=O)NC(CO)C(O)CCCCCCCCCCCCCCCCC. The molecule has 0 radical (unpaired) electrons. The molecule has 0 aromatic carbocycles. The number of carbonyl (C=O) groups is 2. The zero-order valence-electron chi connectivity index (χ0n) is 43.0. The second-order valence-corrected chi connectivity index (χ2v) is 18.3. The van der Waals surface area contributed by atoms with Crippen molar-refractivity contribution in [2.75, 3.05) is 6.61 Å². The number of amides is 1. The van der Waals surface area contributed by atoms with Gasteiger partial charge in [-0.25, -0.2) is 0 Å². The molecule has 3 atom stereocenters. The molecular weight excluding hydrogens is 815 g/mol. The van der Waals surface area contributed by atoms with Crippen molar-refractivity contribution >= 4 is 11.9 Å². The molecule has 378 valence electrons. The first kappa shape index (κ1) is 62.8. The lowest BCUT2D eigenvalue weighted by Crippen LogP contribution is -2.46. The van der Waals surface area contributed by atoms with Crippen molar-refractivity contribution in [3.8, 4) is 0 Å². The Hall–Kier alpha value is -3.22. The van der Waals surface area contributed by atoms with E-state index in [9.17, 15) is 19.8 Å². The number of hydrogen-bond acceptors (Lipinski definition) is 5. The van der Waals surface area contributed by atoms with Crippen LogP contribution in [0.2, 0.25) is 0 Å². The summed E-state index contributed by atoms with van der Waals surface area (Å²) in [6.07, 6.45) is 70.4. The molecule has 0 aromatic heterocycles. The van der Waals surface area contributed by atoms with Gasteiger partial charge in [-0.3, -0.25) is 9.59 Å². The molecule has 3 N–H and O–H groups in total. The third kappa shape index (κ3) is 47.3. The number of hydrogen-bond donors (Lipinski definition) is 3. The zero-order valence-corrected chi connectivity index (χ0v) is 43.0. The van der Waals surface area contributed by atoms with E-state index in [0.29, 0.717) is 19.3 Å². The highest BCUT2D eigenvalue weighted by Crippen LogP contribution is 2.17. The summed E-state index contributed by atoms with van der Waals surface area (Å²) >= 11 is 0. The minimum Gasteiger partial charge on any atom is -0.462 e. The average molecular weight is 918 g/mol. The van der Waals surface area contributed by atoms with E-state index < -0.39 is 18.2 Å². The Morgan fingerprint density at radius 2 is 0.894 bits per heavy atom. The summed E-state index contributed by atoms with van der Waals surface area (Å²) in [5, 5.41) is 23.8. The molecular formula is C60H103NO5. The maximum absolute atomic E-state index is 13.2. The summed E-state index contributed by atoms with van der Waals surface area (Å²) in [5.41, 5.74) is 0. The molecule has 0 bridgehead atoms. The fourth-order valence-electron chi connectivity index (χ4n) is 7.84. The molecule has 0 fully saturated rings. The van der Waals surface area contributed by atoms with E-state index in [2.05, 4.69) is 105 Å². The molecule has 1 amide bonds. The molecule has 66 heavy (non-hydrogen) atoms. The van der Waals surface area contributed by atoms with Crippen molar-refractivity contribution in [1.29, 1.82) is 0 Å². The third-order valence-electron chi connectivity index (χ3n) is 12.0. The number of allylic oxidation sites excluding steroid dienone is 16. The highest BCUT2D eigenvalue weighted by Gasteiger charge is 2.24. The Balaban J connectivity index is 4.73.